The van der Waals surface area contributed by atoms with E-state index >= 15 is 0 Å². The van der Waals surface area contributed by atoms with Crippen LogP contribution in [0.5, 0.6) is 0 Å². The van der Waals surface area contributed by atoms with Crippen molar-refractivity contribution in [2.75, 3.05) is 44.4 Å². The molecule has 1 saturated heterocycles. The van der Waals surface area contributed by atoms with Crippen LogP contribution >= 0.6 is 11.8 Å². The second kappa shape index (κ2) is 9.57. The maximum absolute atomic E-state index is 11.9. The lowest BCUT2D eigenvalue weighted by atomic mass is 10.0. The van der Waals surface area contributed by atoms with Gasteiger partial charge in [0.15, 0.2) is 0 Å². The summed E-state index contributed by atoms with van der Waals surface area (Å²) < 4.78 is 5.22. The van der Waals surface area contributed by atoms with Gasteiger partial charge in [-0.05, 0) is 11.5 Å². The smallest absolute Gasteiger partial charge is 0.232 e. The summed E-state index contributed by atoms with van der Waals surface area (Å²) in [7, 11) is 0. The van der Waals surface area contributed by atoms with Crippen LogP contribution in [-0.2, 0) is 14.3 Å². The van der Waals surface area contributed by atoms with E-state index in [1.807, 2.05) is 18.2 Å². The Labute approximate surface area is 141 Å². The minimum Gasteiger partial charge on any atom is -0.378 e. The van der Waals surface area contributed by atoms with E-state index in [1.54, 1.807) is 4.90 Å². The summed E-state index contributed by atoms with van der Waals surface area (Å²) in [6.45, 7) is 5.22. The van der Waals surface area contributed by atoms with Gasteiger partial charge < -0.3 is 15.0 Å². The van der Waals surface area contributed by atoms with Crippen molar-refractivity contribution in [3.8, 4) is 0 Å². The van der Waals surface area contributed by atoms with Gasteiger partial charge in [0.1, 0.15) is 0 Å². The second-order valence-electron chi connectivity index (χ2n) is 5.60. The molecule has 1 unspecified atom stereocenters. The van der Waals surface area contributed by atoms with Gasteiger partial charge in [-0.1, -0.05) is 37.3 Å². The zero-order valence-electron chi connectivity index (χ0n) is 13.5. The van der Waals surface area contributed by atoms with Gasteiger partial charge in [-0.25, -0.2) is 0 Å². The van der Waals surface area contributed by atoms with Crippen molar-refractivity contribution in [3.63, 3.8) is 0 Å². The number of ether oxygens (including phenoxy) is 1. The highest BCUT2D eigenvalue weighted by Crippen LogP contribution is 2.13. The van der Waals surface area contributed by atoms with Crippen LogP contribution in [0.2, 0.25) is 0 Å². The first-order chi connectivity index (χ1) is 11.2. The molecule has 0 aromatic heterocycles. The Bertz CT molecular complexity index is 504. The SMILES string of the molecule is CC(CNC(=O)CSCC(=O)N1CCOCC1)c1ccccc1. The molecule has 6 heteroatoms. The van der Waals surface area contributed by atoms with Crippen molar-refractivity contribution in [2.24, 2.45) is 0 Å². The average Bonchev–Trinajstić information content (AvgIpc) is 2.61. The molecule has 0 bridgehead atoms. The molecule has 1 aromatic rings. The number of morpholine rings is 1. The lowest BCUT2D eigenvalue weighted by molar-refractivity contribution is -0.132. The summed E-state index contributed by atoms with van der Waals surface area (Å²) in [4.78, 5) is 25.6. The number of amides is 2. The molecule has 126 valence electrons. The fourth-order valence-corrected chi connectivity index (χ4v) is 3.10. The first-order valence-corrected chi connectivity index (χ1v) is 9.07. The third kappa shape index (κ3) is 6.23. The third-order valence-electron chi connectivity index (χ3n) is 3.80. The summed E-state index contributed by atoms with van der Waals surface area (Å²) >= 11 is 1.37. The Hall–Kier alpha value is -1.53. The number of thioether (sulfide) groups is 1. The normalized spacial score (nSPS) is 16.0. The highest BCUT2D eigenvalue weighted by Gasteiger charge is 2.17. The number of carbonyl (C=O) groups excluding carboxylic acids is 2. The fourth-order valence-electron chi connectivity index (χ4n) is 2.35. The van der Waals surface area contributed by atoms with Crippen LogP contribution in [-0.4, -0.2) is 61.1 Å². The Kier molecular flexibility index (Phi) is 7.42. The van der Waals surface area contributed by atoms with Crippen LogP contribution in [0.3, 0.4) is 0 Å². The van der Waals surface area contributed by atoms with Crippen molar-refractivity contribution >= 4 is 23.6 Å². The highest BCUT2D eigenvalue weighted by atomic mass is 32.2. The molecule has 1 aromatic carbocycles. The molecule has 2 rings (SSSR count). The van der Waals surface area contributed by atoms with Gasteiger partial charge in [0, 0.05) is 19.6 Å². The summed E-state index contributed by atoms with van der Waals surface area (Å²) in [5.41, 5.74) is 1.21. The van der Waals surface area contributed by atoms with E-state index in [2.05, 4.69) is 24.4 Å². The van der Waals surface area contributed by atoms with Crippen LogP contribution in [0.4, 0.5) is 0 Å². The number of nitrogens with one attached hydrogen (secondary N) is 1. The number of hydrogen-bond acceptors (Lipinski definition) is 4. The van der Waals surface area contributed by atoms with E-state index in [0.717, 1.165) is 0 Å². The molecule has 2 amide bonds. The Morgan fingerprint density at radius 3 is 2.61 bits per heavy atom. The quantitative estimate of drug-likeness (QED) is 0.820. The van der Waals surface area contributed by atoms with Gasteiger partial charge in [0.25, 0.3) is 0 Å². The van der Waals surface area contributed by atoms with Gasteiger partial charge in [0.2, 0.25) is 11.8 Å². The first kappa shape index (κ1) is 17.8. The van der Waals surface area contributed by atoms with Crippen LogP contribution in [0, 0.1) is 0 Å². The van der Waals surface area contributed by atoms with E-state index in [-0.39, 0.29) is 17.7 Å². The Morgan fingerprint density at radius 2 is 1.91 bits per heavy atom. The van der Waals surface area contributed by atoms with Gasteiger partial charge >= 0.3 is 0 Å². The second-order valence-corrected chi connectivity index (χ2v) is 6.59. The van der Waals surface area contributed by atoms with E-state index < -0.39 is 0 Å². The number of nitrogens with zero attached hydrogens (tertiary/aromatic N) is 1. The molecule has 1 aliphatic heterocycles. The largest absolute Gasteiger partial charge is 0.378 e. The monoisotopic (exact) mass is 336 g/mol. The van der Waals surface area contributed by atoms with E-state index in [9.17, 15) is 9.59 Å². The van der Waals surface area contributed by atoms with E-state index in [1.165, 1.54) is 17.3 Å². The third-order valence-corrected chi connectivity index (χ3v) is 4.71. The topological polar surface area (TPSA) is 58.6 Å². The minimum absolute atomic E-state index is 0.0208. The molecular formula is C17H24N2O3S. The molecule has 1 fully saturated rings. The standard InChI is InChI=1S/C17H24N2O3S/c1-14(15-5-3-2-4-6-15)11-18-16(20)12-23-13-17(21)19-7-9-22-10-8-19/h2-6,14H,7-13H2,1H3,(H,18,20). The van der Waals surface area contributed by atoms with Crippen LogP contribution in [0.25, 0.3) is 0 Å². The number of hydrogen-bond donors (Lipinski definition) is 1. The molecule has 1 aliphatic rings. The van der Waals surface area contributed by atoms with Crippen molar-refractivity contribution in [3.05, 3.63) is 35.9 Å². The van der Waals surface area contributed by atoms with Crippen LogP contribution in [0.15, 0.2) is 30.3 Å². The molecule has 5 nitrogen and oxygen atoms in total. The molecule has 0 aliphatic carbocycles. The predicted octanol–water partition coefficient (Wildman–Crippen LogP) is 1.50. The Balaban J connectivity index is 1.60. The number of benzene rings is 1. The molecular weight excluding hydrogens is 312 g/mol. The summed E-state index contributed by atoms with van der Waals surface area (Å²) in [5.74, 6) is 1.01. The zero-order chi connectivity index (χ0) is 16.5. The first-order valence-electron chi connectivity index (χ1n) is 7.91. The maximum atomic E-state index is 11.9. The van der Waals surface area contributed by atoms with Gasteiger partial charge in [-0.3, -0.25) is 9.59 Å². The lowest BCUT2D eigenvalue weighted by Gasteiger charge is -2.26. The van der Waals surface area contributed by atoms with E-state index in [4.69, 9.17) is 4.74 Å². The van der Waals surface area contributed by atoms with Crippen molar-refractivity contribution < 1.29 is 14.3 Å². The molecule has 0 spiro atoms. The number of rotatable bonds is 7. The summed E-state index contributed by atoms with van der Waals surface area (Å²) in [6.07, 6.45) is 0. The molecule has 1 N–H and O–H groups in total. The minimum atomic E-state index is -0.0208. The molecule has 1 heterocycles. The number of carbonyl (C=O) groups is 2. The fraction of sp³-hybridized carbons (Fsp3) is 0.529. The molecule has 0 saturated carbocycles. The zero-order valence-corrected chi connectivity index (χ0v) is 14.3. The predicted molar refractivity (Wildman–Crippen MR) is 92.6 cm³/mol. The van der Waals surface area contributed by atoms with Crippen molar-refractivity contribution in [1.82, 2.24) is 10.2 Å². The van der Waals surface area contributed by atoms with Crippen LogP contribution < -0.4 is 5.32 Å². The van der Waals surface area contributed by atoms with Gasteiger partial charge in [-0.2, -0.15) is 0 Å². The summed E-state index contributed by atoms with van der Waals surface area (Å²) in [5, 5.41) is 2.93. The molecule has 0 radical (unpaired) electrons. The summed E-state index contributed by atoms with van der Waals surface area (Å²) in [6, 6.07) is 10.1. The Morgan fingerprint density at radius 1 is 1.22 bits per heavy atom. The van der Waals surface area contributed by atoms with Crippen LogP contribution in [0.1, 0.15) is 18.4 Å². The van der Waals surface area contributed by atoms with E-state index in [0.29, 0.717) is 44.4 Å². The van der Waals surface area contributed by atoms with Crippen molar-refractivity contribution in [2.45, 2.75) is 12.8 Å². The van der Waals surface area contributed by atoms with Gasteiger partial charge in [0.05, 0.1) is 24.7 Å². The average molecular weight is 336 g/mol. The molecule has 23 heavy (non-hydrogen) atoms. The maximum Gasteiger partial charge on any atom is 0.232 e. The van der Waals surface area contributed by atoms with Gasteiger partial charge in [-0.15, -0.1) is 11.8 Å². The lowest BCUT2D eigenvalue weighted by Crippen LogP contribution is -2.41. The highest BCUT2D eigenvalue weighted by molar-refractivity contribution is 8.00. The van der Waals surface area contributed by atoms with Crippen molar-refractivity contribution in [1.29, 1.82) is 0 Å². The molecule has 1 atom stereocenters.